The first-order valence-electron chi connectivity index (χ1n) is 13.2. The van der Waals surface area contributed by atoms with Gasteiger partial charge in [-0.3, -0.25) is 4.79 Å². The topological polar surface area (TPSA) is 80.4 Å². The van der Waals surface area contributed by atoms with Crippen LogP contribution in [0, 0.1) is 5.92 Å². The maximum Gasteiger partial charge on any atom is 0.226 e. The van der Waals surface area contributed by atoms with Crippen molar-refractivity contribution < 1.29 is 4.79 Å². The number of rotatable bonds is 7. The summed E-state index contributed by atoms with van der Waals surface area (Å²) >= 11 is 3.38. The van der Waals surface area contributed by atoms with E-state index in [2.05, 4.69) is 73.7 Å². The van der Waals surface area contributed by atoms with Gasteiger partial charge in [-0.2, -0.15) is 0 Å². The van der Waals surface area contributed by atoms with Gasteiger partial charge < -0.3 is 24.4 Å². The van der Waals surface area contributed by atoms with Crippen LogP contribution in [0.3, 0.4) is 0 Å². The number of hydrogen-bond acceptors (Lipinski definition) is 8. The number of aromatic amines is 1. The number of aromatic nitrogens is 3. The fourth-order valence-corrected chi connectivity index (χ4v) is 7.64. The van der Waals surface area contributed by atoms with Gasteiger partial charge in [0.15, 0.2) is 0 Å². The number of benzene rings is 1. The van der Waals surface area contributed by atoms with E-state index in [0.29, 0.717) is 11.9 Å². The van der Waals surface area contributed by atoms with Crippen LogP contribution in [0.5, 0.6) is 0 Å². The lowest BCUT2D eigenvalue weighted by atomic mass is 9.86. The number of nitrogens with one attached hydrogen (secondary N) is 2. The summed E-state index contributed by atoms with van der Waals surface area (Å²) in [7, 11) is 6.46. The Morgan fingerprint density at radius 3 is 2.73 bits per heavy atom. The number of thiophene rings is 1. The van der Waals surface area contributed by atoms with Crippen LogP contribution < -0.4 is 5.32 Å². The average molecular weight is 538 g/mol. The number of amides is 1. The second-order valence-corrected chi connectivity index (χ2v) is 12.7. The molecule has 1 saturated heterocycles. The summed E-state index contributed by atoms with van der Waals surface area (Å²) in [6, 6.07) is 6.90. The monoisotopic (exact) mass is 537 g/mol. The number of carbonyl (C=O) groups excluding carboxylic acids is 1. The number of likely N-dealkylation sites (tertiary alicyclic amines) is 1. The van der Waals surface area contributed by atoms with E-state index in [-0.39, 0.29) is 5.92 Å². The molecule has 2 N–H and O–H groups in total. The van der Waals surface area contributed by atoms with Crippen molar-refractivity contribution in [2.45, 2.75) is 38.1 Å². The number of likely N-dealkylation sites (N-methyl/N-ethyl adjacent to an activating group) is 2. The number of piperidine rings is 1. The maximum atomic E-state index is 13.5. The minimum absolute atomic E-state index is 0.0745. The molecule has 1 atom stereocenters. The molecule has 37 heavy (non-hydrogen) atoms. The minimum Gasteiger partial charge on any atom is -0.342 e. The third kappa shape index (κ3) is 4.99. The van der Waals surface area contributed by atoms with E-state index >= 15 is 0 Å². The standard InChI is InChI=1S/C27H35N7OS2/c1-32(2)12-13-33(3)19-8-10-34(11-9-19)27(35)17-4-6-20-22(14-17)36-26-24(20)25(28-16-29-26)30-18-5-7-21-23(15-18)37-31-21/h5,7,15-17,19,31H,4,6,8-14H2,1-3H3,(H,28,29,30)/t17-/m0/s1. The zero-order valence-electron chi connectivity index (χ0n) is 21.8. The van der Waals surface area contributed by atoms with E-state index in [1.165, 1.54) is 20.7 Å². The van der Waals surface area contributed by atoms with E-state index in [0.717, 1.165) is 80.0 Å². The van der Waals surface area contributed by atoms with Gasteiger partial charge in [-0.05, 0) is 77.0 Å². The predicted molar refractivity (Wildman–Crippen MR) is 153 cm³/mol. The maximum absolute atomic E-state index is 13.5. The highest BCUT2D eigenvalue weighted by Gasteiger charge is 2.33. The largest absolute Gasteiger partial charge is 0.342 e. The molecule has 0 spiro atoms. The van der Waals surface area contributed by atoms with Crippen LogP contribution in [0.4, 0.5) is 11.5 Å². The summed E-state index contributed by atoms with van der Waals surface area (Å²) in [5.74, 6) is 1.28. The summed E-state index contributed by atoms with van der Waals surface area (Å²) in [5, 5.41) is 4.66. The Kier molecular flexibility index (Phi) is 6.91. The summed E-state index contributed by atoms with van der Waals surface area (Å²) < 4.78 is 4.47. The van der Waals surface area contributed by atoms with Gasteiger partial charge in [0.05, 0.1) is 15.6 Å². The molecule has 1 aliphatic carbocycles. The quantitative estimate of drug-likeness (QED) is 0.360. The molecule has 0 bridgehead atoms. The highest BCUT2D eigenvalue weighted by Crippen LogP contribution is 2.41. The molecule has 10 heteroatoms. The number of H-pyrrole nitrogens is 1. The highest BCUT2D eigenvalue weighted by molar-refractivity contribution is 7.19. The minimum atomic E-state index is 0.0745. The molecule has 196 valence electrons. The molecule has 1 amide bonds. The molecule has 6 rings (SSSR count). The molecule has 4 aromatic rings. The van der Waals surface area contributed by atoms with Crippen molar-refractivity contribution in [3.63, 3.8) is 0 Å². The molecule has 4 heterocycles. The average Bonchev–Trinajstić information content (AvgIpc) is 3.27. The van der Waals surface area contributed by atoms with Gasteiger partial charge in [0.2, 0.25) is 5.91 Å². The van der Waals surface area contributed by atoms with Crippen molar-refractivity contribution in [1.29, 1.82) is 0 Å². The van der Waals surface area contributed by atoms with Crippen LogP contribution in [0.2, 0.25) is 0 Å². The summed E-state index contributed by atoms with van der Waals surface area (Å²) in [5.41, 5.74) is 3.54. The van der Waals surface area contributed by atoms with Crippen molar-refractivity contribution in [1.82, 2.24) is 29.0 Å². The molecule has 3 aromatic heterocycles. The van der Waals surface area contributed by atoms with E-state index in [4.69, 9.17) is 0 Å². The Morgan fingerprint density at radius 1 is 1.16 bits per heavy atom. The number of fused-ring (bicyclic) bond motifs is 4. The smallest absolute Gasteiger partial charge is 0.226 e. The Hall–Kier alpha value is -2.53. The summed E-state index contributed by atoms with van der Waals surface area (Å²) in [6.45, 7) is 3.89. The molecule has 8 nitrogen and oxygen atoms in total. The Morgan fingerprint density at radius 2 is 2.00 bits per heavy atom. The Balaban J connectivity index is 1.12. The third-order valence-corrected chi connectivity index (χ3v) is 10.1. The Labute approximate surface area is 225 Å². The van der Waals surface area contributed by atoms with E-state index < -0.39 is 0 Å². The second kappa shape index (κ2) is 10.3. The number of nitrogens with zero attached hydrogens (tertiary/aromatic N) is 5. The molecule has 1 aromatic carbocycles. The Bertz CT molecular complexity index is 1400. The van der Waals surface area contributed by atoms with Gasteiger partial charge in [0.25, 0.3) is 0 Å². The molecule has 1 fully saturated rings. The molecule has 0 unspecified atom stereocenters. The summed E-state index contributed by atoms with van der Waals surface area (Å²) in [6.07, 6.45) is 6.40. The van der Waals surface area contributed by atoms with Crippen LogP contribution in [0.15, 0.2) is 24.5 Å². The lowest BCUT2D eigenvalue weighted by Crippen LogP contribution is -2.48. The van der Waals surface area contributed by atoms with Crippen molar-refractivity contribution >= 4 is 60.7 Å². The first kappa shape index (κ1) is 24.8. The molecular formula is C27H35N7OS2. The van der Waals surface area contributed by atoms with Crippen molar-refractivity contribution in [2.75, 3.05) is 52.6 Å². The number of carbonyl (C=O) groups is 1. The van der Waals surface area contributed by atoms with Crippen molar-refractivity contribution in [3.05, 3.63) is 35.0 Å². The molecule has 0 radical (unpaired) electrons. The van der Waals surface area contributed by atoms with Gasteiger partial charge in [-0.25, -0.2) is 9.97 Å². The molecule has 0 saturated carbocycles. The van der Waals surface area contributed by atoms with Crippen LogP contribution in [-0.4, -0.2) is 88.3 Å². The van der Waals surface area contributed by atoms with Crippen LogP contribution in [0.1, 0.15) is 29.7 Å². The van der Waals surface area contributed by atoms with Gasteiger partial charge in [0, 0.05) is 48.7 Å². The fourth-order valence-electron chi connectivity index (χ4n) is 5.71. The second-order valence-electron chi connectivity index (χ2n) is 10.7. The SMILES string of the molecule is CN(C)CCN(C)C1CCN(C(=O)[C@H]2CCc3c(sc4ncnc(Nc5ccc6[nH]sc6c5)c34)C2)CC1. The normalized spacial score (nSPS) is 18.8. The van der Waals surface area contributed by atoms with E-state index in [1.807, 2.05) is 0 Å². The van der Waals surface area contributed by atoms with E-state index in [9.17, 15) is 4.79 Å². The van der Waals surface area contributed by atoms with Crippen LogP contribution in [-0.2, 0) is 17.6 Å². The number of aryl methyl sites for hydroxylation is 1. The van der Waals surface area contributed by atoms with Gasteiger partial charge in [-0.15, -0.1) is 11.3 Å². The zero-order chi connectivity index (χ0) is 25.5. The van der Waals surface area contributed by atoms with Crippen LogP contribution in [0.25, 0.3) is 20.4 Å². The van der Waals surface area contributed by atoms with Crippen molar-refractivity contribution in [3.8, 4) is 0 Å². The number of hydrogen-bond donors (Lipinski definition) is 2. The van der Waals surface area contributed by atoms with Crippen molar-refractivity contribution in [2.24, 2.45) is 5.92 Å². The lowest BCUT2D eigenvalue weighted by molar-refractivity contribution is -0.137. The molecular weight excluding hydrogens is 502 g/mol. The lowest BCUT2D eigenvalue weighted by Gasteiger charge is -2.38. The summed E-state index contributed by atoms with van der Waals surface area (Å²) in [4.78, 5) is 31.8. The fraction of sp³-hybridized carbons (Fsp3) is 0.519. The third-order valence-electron chi connectivity index (χ3n) is 8.01. The highest BCUT2D eigenvalue weighted by atomic mass is 32.1. The molecule has 1 aliphatic heterocycles. The predicted octanol–water partition coefficient (Wildman–Crippen LogP) is 4.57. The first-order chi connectivity index (χ1) is 18.0. The zero-order valence-corrected chi connectivity index (χ0v) is 23.4. The first-order valence-corrected chi connectivity index (χ1v) is 14.8. The van der Waals surface area contributed by atoms with Gasteiger partial charge in [0.1, 0.15) is 17.0 Å². The number of anilines is 2. The van der Waals surface area contributed by atoms with Crippen LogP contribution >= 0.6 is 22.9 Å². The van der Waals surface area contributed by atoms with Gasteiger partial charge >= 0.3 is 0 Å². The molecule has 2 aliphatic rings. The van der Waals surface area contributed by atoms with Gasteiger partial charge in [-0.1, -0.05) is 11.5 Å². The van der Waals surface area contributed by atoms with E-state index in [1.54, 1.807) is 29.2 Å².